The van der Waals surface area contributed by atoms with Crippen LogP contribution in [-0.4, -0.2) is 29.0 Å². The highest BCUT2D eigenvalue weighted by atomic mass is 32.1. The number of urea groups is 1. The van der Waals surface area contributed by atoms with Crippen LogP contribution >= 0.6 is 11.3 Å². The Morgan fingerprint density at radius 3 is 2.38 bits per heavy atom. The monoisotopic (exact) mass is 478 g/mol. The fourth-order valence-corrected chi connectivity index (χ4v) is 4.90. The molecule has 0 spiro atoms. The lowest BCUT2D eigenvalue weighted by Gasteiger charge is -2.32. The zero-order chi connectivity index (χ0) is 23.9. The third-order valence-corrected chi connectivity index (χ3v) is 6.59. The van der Waals surface area contributed by atoms with E-state index in [1.54, 1.807) is 5.38 Å². The molecular formula is C26H30N4O3S. The van der Waals surface area contributed by atoms with Crippen LogP contribution in [0.1, 0.15) is 52.3 Å². The number of anilines is 1. The fraction of sp³-hybridized carbons (Fsp3) is 0.346. The molecule has 1 aromatic heterocycles. The molecule has 1 aliphatic rings. The average Bonchev–Trinajstić information content (AvgIpc) is 3.28. The SMILES string of the molecule is Cc1cc(C)cc(OCc2nc(C(=O)N[C@H]3CCCC[C@H]3NC(=O)Nc3ccccc3)cs2)c1. The van der Waals surface area contributed by atoms with Gasteiger partial charge in [0.1, 0.15) is 23.1 Å². The van der Waals surface area contributed by atoms with Gasteiger partial charge in [-0.1, -0.05) is 37.1 Å². The summed E-state index contributed by atoms with van der Waals surface area (Å²) in [5.41, 5.74) is 3.39. The number of carbonyl (C=O) groups is 2. The van der Waals surface area contributed by atoms with E-state index in [1.165, 1.54) is 11.3 Å². The van der Waals surface area contributed by atoms with Gasteiger partial charge in [-0.2, -0.15) is 0 Å². The number of aromatic nitrogens is 1. The summed E-state index contributed by atoms with van der Waals surface area (Å²) in [6.45, 7) is 4.38. The number of carbonyl (C=O) groups excluding carboxylic acids is 2. The van der Waals surface area contributed by atoms with Crippen LogP contribution in [0.15, 0.2) is 53.9 Å². The molecule has 4 rings (SSSR count). The van der Waals surface area contributed by atoms with Crippen molar-refractivity contribution in [2.45, 2.75) is 58.2 Å². The van der Waals surface area contributed by atoms with Gasteiger partial charge in [-0.25, -0.2) is 9.78 Å². The van der Waals surface area contributed by atoms with Crippen molar-refractivity contribution in [2.75, 3.05) is 5.32 Å². The van der Waals surface area contributed by atoms with E-state index < -0.39 is 0 Å². The molecule has 3 N–H and O–H groups in total. The molecule has 1 saturated carbocycles. The third-order valence-electron chi connectivity index (χ3n) is 5.77. The van der Waals surface area contributed by atoms with E-state index >= 15 is 0 Å². The van der Waals surface area contributed by atoms with E-state index in [0.29, 0.717) is 12.3 Å². The molecule has 1 heterocycles. The van der Waals surface area contributed by atoms with E-state index in [0.717, 1.165) is 53.3 Å². The summed E-state index contributed by atoms with van der Waals surface area (Å²) in [6, 6.07) is 14.8. The molecule has 3 amide bonds. The number of nitrogens with zero attached hydrogens (tertiary/aromatic N) is 1. The second-order valence-corrected chi connectivity index (χ2v) is 9.62. The first kappa shape index (κ1) is 23.8. The molecule has 8 heteroatoms. The van der Waals surface area contributed by atoms with Crippen LogP contribution in [0, 0.1) is 13.8 Å². The first-order valence-corrected chi connectivity index (χ1v) is 12.4. The van der Waals surface area contributed by atoms with Crippen molar-refractivity contribution in [3.63, 3.8) is 0 Å². The highest BCUT2D eigenvalue weighted by Crippen LogP contribution is 2.21. The van der Waals surface area contributed by atoms with Crippen molar-refractivity contribution in [3.8, 4) is 5.75 Å². The van der Waals surface area contributed by atoms with Gasteiger partial charge >= 0.3 is 6.03 Å². The van der Waals surface area contributed by atoms with Gasteiger partial charge in [0.25, 0.3) is 5.91 Å². The van der Waals surface area contributed by atoms with Crippen LogP contribution in [0.25, 0.3) is 0 Å². The summed E-state index contributed by atoms with van der Waals surface area (Å²) in [5, 5.41) is 11.4. The number of amides is 3. The highest BCUT2D eigenvalue weighted by Gasteiger charge is 2.28. The summed E-state index contributed by atoms with van der Waals surface area (Å²) >= 11 is 1.40. The van der Waals surface area contributed by atoms with E-state index in [1.807, 2.05) is 56.3 Å². The molecule has 3 aromatic rings. The van der Waals surface area contributed by atoms with Gasteiger partial charge < -0.3 is 20.7 Å². The summed E-state index contributed by atoms with van der Waals surface area (Å²) in [5.74, 6) is 0.569. The number of rotatable bonds is 7. The number of benzene rings is 2. The average molecular weight is 479 g/mol. The number of hydrogen-bond acceptors (Lipinski definition) is 5. The lowest BCUT2D eigenvalue weighted by atomic mass is 9.90. The first-order chi connectivity index (χ1) is 16.5. The lowest BCUT2D eigenvalue weighted by Crippen LogP contribution is -2.54. The molecule has 34 heavy (non-hydrogen) atoms. The molecule has 0 unspecified atom stereocenters. The lowest BCUT2D eigenvalue weighted by molar-refractivity contribution is 0.0911. The number of aryl methyl sites for hydroxylation is 2. The van der Waals surface area contributed by atoms with E-state index in [2.05, 4.69) is 27.0 Å². The Morgan fingerprint density at radius 2 is 1.68 bits per heavy atom. The quantitative estimate of drug-likeness (QED) is 0.435. The maximum atomic E-state index is 12.9. The van der Waals surface area contributed by atoms with Gasteiger partial charge in [-0.15, -0.1) is 11.3 Å². The molecule has 1 fully saturated rings. The Morgan fingerprint density at radius 1 is 1.00 bits per heavy atom. The van der Waals surface area contributed by atoms with Crippen molar-refractivity contribution in [1.82, 2.24) is 15.6 Å². The Hall–Kier alpha value is -3.39. The number of nitrogens with one attached hydrogen (secondary N) is 3. The predicted octanol–water partition coefficient (Wildman–Crippen LogP) is 5.20. The molecule has 2 atom stereocenters. The number of para-hydroxylation sites is 1. The van der Waals surface area contributed by atoms with Crippen molar-refractivity contribution in [3.05, 3.63) is 75.7 Å². The van der Waals surface area contributed by atoms with E-state index in [4.69, 9.17) is 4.74 Å². The topological polar surface area (TPSA) is 92.3 Å². The van der Waals surface area contributed by atoms with Gasteiger partial charge in [-0.3, -0.25) is 4.79 Å². The summed E-state index contributed by atoms with van der Waals surface area (Å²) < 4.78 is 5.87. The molecule has 7 nitrogen and oxygen atoms in total. The molecule has 0 bridgehead atoms. The minimum absolute atomic E-state index is 0.132. The van der Waals surface area contributed by atoms with Crippen LogP contribution < -0.4 is 20.7 Å². The van der Waals surface area contributed by atoms with Gasteiger partial charge in [-0.05, 0) is 62.1 Å². The maximum Gasteiger partial charge on any atom is 0.319 e. The number of thiazole rings is 1. The second-order valence-electron chi connectivity index (χ2n) is 8.67. The van der Waals surface area contributed by atoms with Gasteiger partial charge in [0.05, 0.1) is 6.04 Å². The Labute approximate surface area is 204 Å². The van der Waals surface area contributed by atoms with Crippen LogP contribution in [0.2, 0.25) is 0 Å². The predicted molar refractivity (Wildman–Crippen MR) is 134 cm³/mol. The van der Waals surface area contributed by atoms with Crippen LogP contribution in [-0.2, 0) is 6.61 Å². The van der Waals surface area contributed by atoms with Crippen molar-refractivity contribution >= 4 is 29.0 Å². The van der Waals surface area contributed by atoms with Crippen LogP contribution in [0.3, 0.4) is 0 Å². The molecular weight excluding hydrogens is 448 g/mol. The molecule has 0 radical (unpaired) electrons. The normalized spacial score (nSPS) is 17.6. The molecule has 1 aliphatic carbocycles. The van der Waals surface area contributed by atoms with Crippen molar-refractivity contribution in [1.29, 1.82) is 0 Å². The highest BCUT2D eigenvalue weighted by molar-refractivity contribution is 7.09. The van der Waals surface area contributed by atoms with E-state index in [9.17, 15) is 9.59 Å². The number of ether oxygens (including phenoxy) is 1. The fourth-order valence-electron chi connectivity index (χ4n) is 4.22. The summed E-state index contributed by atoms with van der Waals surface area (Å²) in [4.78, 5) is 29.8. The second kappa shape index (κ2) is 11.2. The van der Waals surface area contributed by atoms with Crippen molar-refractivity contribution in [2.24, 2.45) is 0 Å². The minimum atomic E-state index is -0.267. The largest absolute Gasteiger partial charge is 0.486 e. The minimum Gasteiger partial charge on any atom is -0.486 e. The van der Waals surface area contributed by atoms with Gasteiger partial charge in [0.2, 0.25) is 0 Å². The molecule has 178 valence electrons. The zero-order valence-corrected chi connectivity index (χ0v) is 20.3. The smallest absolute Gasteiger partial charge is 0.319 e. The Kier molecular flexibility index (Phi) is 7.80. The molecule has 0 saturated heterocycles. The Bertz CT molecular complexity index is 1110. The molecule has 2 aromatic carbocycles. The maximum absolute atomic E-state index is 12.9. The number of hydrogen-bond donors (Lipinski definition) is 3. The Balaban J connectivity index is 1.31. The van der Waals surface area contributed by atoms with Gasteiger partial charge in [0, 0.05) is 17.1 Å². The van der Waals surface area contributed by atoms with Crippen molar-refractivity contribution < 1.29 is 14.3 Å². The van der Waals surface area contributed by atoms with Crippen LogP contribution in [0.4, 0.5) is 10.5 Å². The van der Waals surface area contributed by atoms with E-state index in [-0.39, 0.29) is 24.0 Å². The summed E-state index contributed by atoms with van der Waals surface area (Å²) in [6.07, 6.45) is 3.66. The van der Waals surface area contributed by atoms with Crippen LogP contribution in [0.5, 0.6) is 5.75 Å². The van der Waals surface area contributed by atoms with Gasteiger partial charge in [0.15, 0.2) is 0 Å². The molecule has 0 aliphatic heterocycles. The summed E-state index contributed by atoms with van der Waals surface area (Å²) in [7, 11) is 0. The first-order valence-electron chi connectivity index (χ1n) is 11.6. The standard InChI is InChI=1S/C26H30N4O3S/c1-17-12-18(2)14-20(13-17)33-15-24-28-23(16-34-24)25(31)29-21-10-6-7-11-22(21)30-26(32)27-19-8-4-3-5-9-19/h3-5,8-9,12-14,16,21-22H,6-7,10-11,15H2,1-2H3,(H,29,31)(H2,27,30,32)/t21-,22+/m0/s1. The zero-order valence-electron chi connectivity index (χ0n) is 19.5. The third kappa shape index (κ3) is 6.57.